The molecule has 5 heteroatoms. The van der Waals surface area contributed by atoms with Gasteiger partial charge in [0.15, 0.2) is 5.78 Å². The van der Waals surface area contributed by atoms with E-state index in [1.54, 1.807) is 0 Å². The lowest BCUT2D eigenvalue weighted by atomic mass is 9.90. The Bertz CT molecular complexity index is 444. The molecule has 1 fully saturated rings. The maximum absolute atomic E-state index is 13.5. The normalized spacial score (nSPS) is 23.9. The molecule has 1 saturated heterocycles. The summed E-state index contributed by atoms with van der Waals surface area (Å²) in [5, 5.41) is 0.406. The Morgan fingerprint density at radius 2 is 2.35 bits per heavy atom. The van der Waals surface area contributed by atoms with Crippen LogP contribution in [0.1, 0.15) is 12.0 Å². The molecule has 3 nitrogen and oxygen atoms in total. The first kappa shape index (κ1) is 12.5. The van der Waals surface area contributed by atoms with E-state index in [0.717, 1.165) is 0 Å². The van der Waals surface area contributed by atoms with Crippen LogP contribution in [0.2, 0.25) is 5.02 Å². The maximum Gasteiger partial charge on any atom is 0.159 e. The van der Waals surface area contributed by atoms with Gasteiger partial charge in [-0.3, -0.25) is 4.79 Å². The third-order valence-corrected chi connectivity index (χ3v) is 3.20. The fraction of sp³-hybridized carbons (Fsp3) is 0.417. The highest BCUT2D eigenvalue weighted by Crippen LogP contribution is 2.21. The van der Waals surface area contributed by atoms with E-state index in [-0.39, 0.29) is 24.4 Å². The van der Waals surface area contributed by atoms with Crippen molar-refractivity contribution in [3.8, 4) is 0 Å². The van der Waals surface area contributed by atoms with Crippen molar-refractivity contribution in [2.75, 3.05) is 13.2 Å². The summed E-state index contributed by atoms with van der Waals surface area (Å²) in [6.45, 7) is 0.675. The third kappa shape index (κ3) is 2.65. The largest absolute Gasteiger partial charge is 0.379 e. The minimum Gasteiger partial charge on any atom is -0.379 e. The number of carbonyl (C=O) groups is 1. The number of nitrogens with two attached hydrogens (primary N) is 1. The summed E-state index contributed by atoms with van der Waals surface area (Å²) in [7, 11) is 0. The molecule has 0 radical (unpaired) electrons. The molecule has 1 unspecified atom stereocenters. The van der Waals surface area contributed by atoms with Gasteiger partial charge in [0, 0.05) is 18.1 Å². The van der Waals surface area contributed by atoms with Crippen molar-refractivity contribution in [1.82, 2.24) is 0 Å². The van der Waals surface area contributed by atoms with Crippen LogP contribution < -0.4 is 5.73 Å². The predicted molar refractivity (Wildman–Crippen MR) is 62.5 cm³/mol. The van der Waals surface area contributed by atoms with Crippen LogP contribution in [0.25, 0.3) is 0 Å². The van der Waals surface area contributed by atoms with E-state index in [9.17, 15) is 9.18 Å². The molecule has 92 valence electrons. The number of hydrogen-bond acceptors (Lipinski definition) is 3. The van der Waals surface area contributed by atoms with Crippen molar-refractivity contribution in [3.63, 3.8) is 0 Å². The van der Waals surface area contributed by atoms with Gasteiger partial charge in [0.1, 0.15) is 11.4 Å². The van der Waals surface area contributed by atoms with Crippen LogP contribution in [0.15, 0.2) is 18.2 Å². The Balaban J connectivity index is 2.15. The van der Waals surface area contributed by atoms with Gasteiger partial charge in [-0.2, -0.15) is 0 Å². The first-order valence-corrected chi connectivity index (χ1v) is 5.73. The highest BCUT2D eigenvalue weighted by atomic mass is 35.5. The zero-order chi connectivity index (χ0) is 12.5. The molecule has 1 aromatic rings. The van der Waals surface area contributed by atoms with Gasteiger partial charge in [-0.15, -0.1) is 0 Å². The van der Waals surface area contributed by atoms with Crippen LogP contribution in [0.3, 0.4) is 0 Å². The summed E-state index contributed by atoms with van der Waals surface area (Å²) < 4.78 is 18.6. The van der Waals surface area contributed by atoms with Gasteiger partial charge in [0.2, 0.25) is 0 Å². The molecule has 2 rings (SSSR count). The quantitative estimate of drug-likeness (QED) is 0.897. The number of Topliss-reactive ketones (excluding diaryl/α,β-unsaturated/α-hetero) is 1. The summed E-state index contributed by atoms with van der Waals surface area (Å²) in [6.07, 6.45) is 0.431. The SMILES string of the molecule is NC1(C(=O)Cc2cc(Cl)ccc2F)CCOC1. The van der Waals surface area contributed by atoms with Crippen LogP contribution in [-0.2, 0) is 16.0 Å². The fourth-order valence-electron chi connectivity index (χ4n) is 1.83. The van der Waals surface area contributed by atoms with Crippen LogP contribution in [0, 0.1) is 5.82 Å². The lowest BCUT2D eigenvalue weighted by molar-refractivity contribution is -0.123. The second-order valence-corrected chi connectivity index (χ2v) is 4.73. The van der Waals surface area contributed by atoms with E-state index in [1.165, 1.54) is 18.2 Å². The van der Waals surface area contributed by atoms with Gasteiger partial charge in [0.25, 0.3) is 0 Å². The van der Waals surface area contributed by atoms with Crippen molar-refractivity contribution >= 4 is 17.4 Å². The molecule has 0 aliphatic carbocycles. The molecule has 2 N–H and O–H groups in total. The van der Waals surface area contributed by atoms with Gasteiger partial charge in [-0.25, -0.2) is 4.39 Å². The summed E-state index contributed by atoms with van der Waals surface area (Å²) in [5.41, 5.74) is 5.21. The smallest absolute Gasteiger partial charge is 0.159 e. The summed E-state index contributed by atoms with van der Waals surface area (Å²) in [4.78, 5) is 12.0. The minimum absolute atomic E-state index is 0.0494. The number of ether oxygens (including phenoxy) is 1. The number of benzene rings is 1. The molecule has 0 bridgehead atoms. The first-order valence-electron chi connectivity index (χ1n) is 5.35. The molecule has 0 saturated carbocycles. The monoisotopic (exact) mass is 257 g/mol. The van der Waals surface area contributed by atoms with Gasteiger partial charge >= 0.3 is 0 Å². The van der Waals surface area contributed by atoms with E-state index >= 15 is 0 Å². The highest BCUT2D eigenvalue weighted by Gasteiger charge is 2.37. The van der Waals surface area contributed by atoms with Crippen molar-refractivity contribution < 1.29 is 13.9 Å². The molecule has 1 atom stereocenters. The number of hydrogen-bond donors (Lipinski definition) is 1. The molecule has 17 heavy (non-hydrogen) atoms. The minimum atomic E-state index is -0.977. The topological polar surface area (TPSA) is 52.3 Å². The average molecular weight is 258 g/mol. The van der Waals surface area contributed by atoms with E-state index in [0.29, 0.717) is 18.1 Å². The molecule has 1 aliphatic heterocycles. The Labute approximate surface area is 104 Å². The predicted octanol–water partition coefficient (Wildman–Crippen LogP) is 1.71. The van der Waals surface area contributed by atoms with Crippen LogP contribution in [-0.4, -0.2) is 24.5 Å². The lowest BCUT2D eigenvalue weighted by Crippen LogP contribution is -2.49. The molecule has 1 aliphatic rings. The number of ketones is 1. The average Bonchev–Trinajstić information content (AvgIpc) is 2.72. The molecular weight excluding hydrogens is 245 g/mol. The molecule has 1 aromatic carbocycles. The van der Waals surface area contributed by atoms with Gasteiger partial charge in [-0.1, -0.05) is 11.6 Å². The van der Waals surface area contributed by atoms with E-state index < -0.39 is 11.4 Å². The fourth-order valence-corrected chi connectivity index (χ4v) is 2.02. The molecule has 0 amide bonds. The molecular formula is C12H13ClFNO2. The van der Waals surface area contributed by atoms with Crippen LogP contribution in [0.4, 0.5) is 4.39 Å². The number of carbonyl (C=O) groups excluding carboxylic acids is 1. The number of halogens is 2. The number of rotatable bonds is 3. The van der Waals surface area contributed by atoms with Gasteiger partial charge in [-0.05, 0) is 30.2 Å². The van der Waals surface area contributed by atoms with E-state index in [4.69, 9.17) is 22.1 Å². The maximum atomic E-state index is 13.5. The first-order chi connectivity index (χ1) is 8.01. The molecule has 1 heterocycles. The van der Waals surface area contributed by atoms with Gasteiger partial charge < -0.3 is 10.5 Å². The lowest BCUT2D eigenvalue weighted by Gasteiger charge is -2.20. The van der Waals surface area contributed by atoms with E-state index in [1.807, 2.05) is 0 Å². The highest BCUT2D eigenvalue weighted by molar-refractivity contribution is 6.30. The molecule has 0 aromatic heterocycles. The molecule has 0 spiro atoms. The van der Waals surface area contributed by atoms with Crippen molar-refractivity contribution in [2.45, 2.75) is 18.4 Å². The Morgan fingerprint density at radius 3 is 3.00 bits per heavy atom. The second kappa shape index (κ2) is 4.72. The van der Waals surface area contributed by atoms with Crippen molar-refractivity contribution in [2.24, 2.45) is 5.73 Å². The third-order valence-electron chi connectivity index (χ3n) is 2.97. The van der Waals surface area contributed by atoms with Crippen LogP contribution >= 0.6 is 11.6 Å². The Hall–Kier alpha value is -0.970. The second-order valence-electron chi connectivity index (χ2n) is 4.29. The van der Waals surface area contributed by atoms with Crippen molar-refractivity contribution in [3.05, 3.63) is 34.6 Å². The van der Waals surface area contributed by atoms with Crippen molar-refractivity contribution in [1.29, 1.82) is 0 Å². The summed E-state index contributed by atoms with van der Waals surface area (Å²) in [6, 6.07) is 4.15. The zero-order valence-corrected chi connectivity index (χ0v) is 9.97. The summed E-state index contributed by atoms with van der Waals surface area (Å²) in [5.74, 6) is -0.651. The summed E-state index contributed by atoms with van der Waals surface area (Å²) >= 11 is 5.76. The Kier molecular flexibility index (Phi) is 3.47. The standard InChI is InChI=1S/C12H13ClFNO2/c13-9-1-2-10(14)8(5-9)6-11(16)12(15)3-4-17-7-12/h1-2,5H,3-4,6-7,15H2. The van der Waals surface area contributed by atoms with Gasteiger partial charge in [0.05, 0.1) is 6.61 Å². The van der Waals surface area contributed by atoms with Crippen LogP contribution in [0.5, 0.6) is 0 Å². The Morgan fingerprint density at radius 1 is 1.59 bits per heavy atom. The zero-order valence-electron chi connectivity index (χ0n) is 9.21. The van der Waals surface area contributed by atoms with E-state index in [2.05, 4.69) is 0 Å².